The van der Waals surface area contributed by atoms with E-state index in [9.17, 15) is 8.42 Å². The van der Waals surface area contributed by atoms with E-state index in [0.717, 1.165) is 5.56 Å². The minimum atomic E-state index is -3.11. The fourth-order valence-electron chi connectivity index (χ4n) is 1.76. The first-order valence-corrected chi connectivity index (χ1v) is 6.69. The second kappa shape index (κ2) is 3.32. The highest BCUT2D eigenvalue weighted by Crippen LogP contribution is 2.37. The molecule has 3 nitrogen and oxygen atoms in total. The summed E-state index contributed by atoms with van der Waals surface area (Å²) in [5.74, 6) is 0.154. The van der Waals surface area contributed by atoms with Crippen LogP contribution in [0.3, 0.4) is 0 Å². The van der Waals surface area contributed by atoms with Crippen LogP contribution >= 0.6 is 15.9 Å². The van der Waals surface area contributed by atoms with Gasteiger partial charge in [-0.3, -0.25) is 0 Å². The zero-order valence-electron chi connectivity index (χ0n) is 7.62. The molecule has 1 atom stereocenters. The van der Waals surface area contributed by atoms with Crippen molar-refractivity contribution < 1.29 is 8.42 Å². The predicted molar refractivity (Wildman–Crippen MR) is 58.0 cm³/mol. The Bertz CT molecular complexity index is 470. The highest BCUT2D eigenvalue weighted by molar-refractivity contribution is 9.10. The van der Waals surface area contributed by atoms with Crippen molar-refractivity contribution in [3.05, 3.63) is 28.2 Å². The number of nitrogens with one attached hydrogen (secondary N) is 1. The van der Waals surface area contributed by atoms with Gasteiger partial charge in [0.2, 0.25) is 0 Å². The largest absolute Gasteiger partial charge is 0.312 e. The van der Waals surface area contributed by atoms with Gasteiger partial charge in [0.05, 0.1) is 10.6 Å². The molecule has 0 aromatic heterocycles. The van der Waals surface area contributed by atoms with Crippen molar-refractivity contribution in [2.45, 2.75) is 10.9 Å². The Morgan fingerprint density at radius 3 is 2.86 bits per heavy atom. The zero-order valence-corrected chi connectivity index (χ0v) is 10.0. The molecule has 0 fully saturated rings. The zero-order chi connectivity index (χ0) is 10.3. The van der Waals surface area contributed by atoms with Crippen molar-refractivity contribution in [3.8, 4) is 0 Å². The minimum Gasteiger partial charge on any atom is -0.312 e. The highest BCUT2D eigenvalue weighted by Gasteiger charge is 2.35. The van der Waals surface area contributed by atoms with Crippen LogP contribution in [0, 0.1) is 0 Å². The van der Waals surface area contributed by atoms with Gasteiger partial charge in [-0.05, 0) is 34.6 Å². The first-order chi connectivity index (χ1) is 6.56. The summed E-state index contributed by atoms with van der Waals surface area (Å²) in [6, 6.07) is 5.39. The summed E-state index contributed by atoms with van der Waals surface area (Å²) in [7, 11) is -1.33. The molecule has 0 bridgehead atoms. The molecule has 76 valence electrons. The fraction of sp³-hybridized carbons (Fsp3) is 0.333. The van der Waals surface area contributed by atoms with Crippen molar-refractivity contribution in [1.82, 2.24) is 5.32 Å². The molecule has 1 heterocycles. The molecule has 0 spiro atoms. The summed E-state index contributed by atoms with van der Waals surface area (Å²) in [5.41, 5.74) is 0.863. The quantitative estimate of drug-likeness (QED) is 0.845. The van der Waals surface area contributed by atoms with Gasteiger partial charge in [-0.15, -0.1) is 0 Å². The fourth-order valence-corrected chi connectivity index (χ4v) is 4.77. The molecule has 1 aliphatic heterocycles. The van der Waals surface area contributed by atoms with E-state index < -0.39 is 9.84 Å². The van der Waals surface area contributed by atoms with Gasteiger partial charge < -0.3 is 5.32 Å². The lowest BCUT2D eigenvalue weighted by molar-refractivity contribution is 0.591. The summed E-state index contributed by atoms with van der Waals surface area (Å²) in [6.07, 6.45) is 0. The lowest BCUT2D eigenvalue weighted by Crippen LogP contribution is -2.17. The van der Waals surface area contributed by atoms with Crippen LogP contribution in [0.5, 0.6) is 0 Å². The number of halogens is 1. The number of sulfone groups is 1. The van der Waals surface area contributed by atoms with Gasteiger partial charge in [0.25, 0.3) is 0 Å². The number of rotatable bonds is 1. The third-order valence-electron chi connectivity index (χ3n) is 2.42. The summed E-state index contributed by atoms with van der Waals surface area (Å²) in [5, 5.41) is 3.00. The molecule has 2 rings (SSSR count). The molecular formula is C9H10BrNO2S. The van der Waals surface area contributed by atoms with E-state index in [1.807, 2.05) is 12.1 Å². The Morgan fingerprint density at radius 2 is 2.21 bits per heavy atom. The molecule has 0 saturated carbocycles. The standard InChI is InChI=1S/C9H10BrNO2S/c1-11-8-5-14(12,13)9-6(8)3-2-4-7(9)10/h2-4,8,11H,5H2,1H3. The summed E-state index contributed by atoms with van der Waals surface area (Å²) < 4.78 is 24.2. The van der Waals surface area contributed by atoms with E-state index in [1.54, 1.807) is 13.1 Å². The van der Waals surface area contributed by atoms with Crippen LogP contribution in [0.1, 0.15) is 11.6 Å². The van der Waals surface area contributed by atoms with Gasteiger partial charge in [0.15, 0.2) is 9.84 Å². The van der Waals surface area contributed by atoms with Crippen LogP contribution in [0.25, 0.3) is 0 Å². The van der Waals surface area contributed by atoms with Crippen molar-refractivity contribution in [2.75, 3.05) is 12.8 Å². The van der Waals surface area contributed by atoms with Crippen molar-refractivity contribution in [3.63, 3.8) is 0 Å². The van der Waals surface area contributed by atoms with Crippen LogP contribution in [0.4, 0.5) is 0 Å². The maximum Gasteiger partial charge on any atom is 0.181 e. The first kappa shape index (κ1) is 10.1. The third-order valence-corrected chi connectivity index (χ3v) is 5.19. The molecule has 1 aromatic carbocycles. The average molecular weight is 276 g/mol. The van der Waals surface area contributed by atoms with E-state index in [1.165, 1.54) is 0 Å². The summed E-state index contributed by atoms with van der Waals surface area (Å²) in [6.45, 7) is 0. The lowest BCUT2D eigenvalue weighted by atomic mass is 10.1. The van der Waals surface area contributed by atoms with Crippen LogP contribution < -0.4 is 5.32 Å². The molecule has 0 amide bonds. The summed E-state index contributed by atoms with van der Waals surface area (Å²) in [4.78, 5) is 0.444. The van der Waals surface area contributed by atoms with Gasteiger partial charge in [-0.25, -0.2) is 8.42 Å². The molecule has 1 aromatic rings. The smallest absolute Gasteiger partial charge is 0.181 e. The van der Waals surface area contributed by atoms with Crippen LogP contribution in [-0.2, 0) is 9.84 Å². The normalized spacial score (nSPS) is 23.4. The molecule has 1 unspecified atom stereocenters. The monoisotopic (exact) mass is 275 g/mol. The number of hydrogen-bond acceptors (Lipinski definition) is 3. The van der Waals surface area contributed by atoms with Crippen LogP contribution in [0.2, 0.25) is 0 Å². The Labute approximate surface area is 91.6 Å². The molecule has 0 saturated heterocycles. The van der Waals surface area contributed by atoms with E-state index >= 15 is 0 Å². The molecule has 1 aliphatic rings. The Morgan fingerprint density at radius 1 is 1.50 bits per heavy atom. The highest BCUT2D eigenvalue weighted by atomic mass is 79.9. The molecular weight excluding hydrogens is 266 g/mol. The van der Waals surface area contributed by atoms with Gasteiger partial charge in [-0.2, -0.15) is 0 Å². The number of benzene rings is 1. The van der Waals surface area contributed by atoms with Crippen molar-refractivity contribution >= 4 is 25.8 Å². The maximum atomic E-state index is 11.8. The van der Waals surface area contributed by atoms with Gasteiger partial charge in [0, 0.05) is 10.5 Å². The topological polar surface area (TPSA) is 46.2 Å². The molecule has 1 N–H and O–H groups in total. The van der Waals surface area contributed by atoms with Gasteiger partial charge >= 0.3 is 0 Å². The Hall–Kier alpha value is -0.390. The third kappa shape index (κ3) is 1.39. The Kier molecular flexibility index (Phi) is 2.41. The van der Waals surface area contributed by atoms with Crippen molar-refractivity contribution in [1.29, 1.82) is 0 Å². The van der Waals surface area contributed by atoms with E-state index in [0.29, 0.717) is 9.37 Å². The molecule has 0 radical (unpaired) electrons. The average Bonchev–Trinajstić information content (AvgIpc) is 2.39. The maximum absolute atomic E-state index is 11.8. The Balaban J connectivity index is 2.72. The second-order valence-corrected chi connectivity index (χ2v) is 6.11. The molecule has 5 heteroatoms. The molecule has 14 heavy (non-hydrogen) atoms. The van der Waals surface area contributed by atoms with Gasteiger partial charge in [0.1, 0.15) is 0 Å². The van der Waals surface area contributed by atoms with E-state index in [4.69, 9.17) is 0 Å². The van der Waals surface area contributed by atoms with Gasteiger partial charge in [-0.1, -0.05) is 12.1 Å². The molecule has 0 aliphatic carbocycles. The number of hydrogen-bond donors (Lipinski definition) is 1. The lowest BCUT2D eigenvalue weighted by Gasteiger charge is -2.07. The van der Waals surface area contributed by atoms with E-state index in [2.05, 4.69) is 21.2 Å². The summed E-state index contributed by atoms with van der Waals surface area (Å²) >= 11 is 3.27. The van der Waals surface area contributed by atoms with Crippen LogP contribution in [-0.4, -0.2) is 21.2 Å². The van der Waals surface area contributed by atoms with Crippen LogP contribution in [0.15, 0.2) is 27.6 Å². The predicted octanol–water partition coefficient (Wildman–Crippen LogP) is 1.50. The van der Waals surface area contributed by atoms with Crippen molar-refractivity contribution in [2.24, 2.45) is 0 Å². The van der Waals surface area contributed by atoms with E-state index in [-0.39, 0.29) is 11.8 Å². The SMILES string of the molecule is CNC1CS(=O)(=O)c2c(Br)cccc21. The number of fused-ring (bicyclic) bond motifs is 1. The minimum absolute atomic E-state index is 0.0764. The second-order valence-electron chi connectivity index (χ2n) is 3.28. The first-order valence-electron chi connectivity index (χ1n) is 4.24.